The molecule has 2 atom stereocenters. The van der Waals surface area contributed by atoms with Gasteiger partial charge in [-0.1, -0.05) is 0 Å². The van der Waals surface area contributed by atoms with E-state index < -0.39 is 35.8 Å². The van der Waals surface area contributed by atoms with E-state index >= 15 is 0 Å². The van der Waals surface area contributed by atoms with Gasteiger partial charge in [-0.15, -0.1) is 0 Å². The van der Waals surface area contributed by atoms with Crippen molar-refractivity contribution < 1.29 is 23.9 Å². The Bertz CT molecular complexity index is 337. The van der Waals surface area contributed by atoms with Gasteiger partial charge in [0, 0.05) is 12.8 Å². The lowest BCUT2D eigenvalue weighted by Crippen LogP contribution is -2.40. The SMILES string of the molecule is NC(=O)CCC(N)C(=O)OC(=O)C(N)CCC(N)=O. The zero-order valence-electron chi connectivity index (χ0n) is 10.3. The Morgan fingerprint density at radius 2 is 1.11 bits per heavy atom. The van der Waals surface area contributed by atoms with Gasteiger partial charge in [-0.2, -0.15) is 0 Å². The van der Waals surface area contributed by atoms with Crippen molar-refractivity contribution in [1.82, 2.24) is 0 Å². The van der Waals surface area contributed by atoms with Crippen LogP contribution in [0, 0.1) is 0 Å². The second-order valence-electron chi connectivity index (χ2n) is 3.96. The first kappa shape index (κ1) is 17.0. The molecule has 2 amide bonds. The number of esters is 2. The van der Waals surface area contributed by atoms with Crippen molar-refractivity contribution in [3.63, 3.8) is 0 Å². The Balaban J connectivity index is 4.12. The van der Waals surface area contributed by atoms with Gasteiger partial charge in [0.25, 0.3) is 0 Å². The lowest BCUT2D eigenvalue weighted by Gasteiger charge is -2.12. The molecule has 0 aliphatic rings. The number of hydrogen-bond donors (Lipinski definition) is 4. The van der Waals surface area contributed by atoms with E-state index in [9.17, 15) is 19.2 Å². The molecule has 0 aromatic carbocycles. The van der Waals surface area contributed by atoms with Crippen LogP contribution in [0.15, 0.2) is 0 Å². The minimum absolute atomic E-state index is 0.0298. The zero-order chi connectivity index (χ0) is 15.0. The van der Waals surface area contributed by atoms with E-state index in [1.165, 1.54) is 0 Å². The Morgan fingerprint density at radius 1 is 0.789 bits per heavy atom. The zero-order valence-corrected chi connectivity index (χ0v) is 10.3. The van der Waals surface area contributed by atoms with Crippen LogP contribution in [-0.4, -0.2) is 35.8 Å². The Labute approximate surface area is 109 Å². The first-order valence-corrected chi connectivity index (χ1v) is 5.57. The molecule has 0 heterocycles. The van der Waals surface area contributed by atoms with Crippen LogP contribution in [0.1, 0.15) is 25.7 Å². The number of nitrogens with two attached hydrogens (primary N) is 4. The molecule has 0 rings (SSSR count). The Hall–Kier alpha value is -2.00. The van der Waals surface area contributed by atoms with Crippen LogP contribution in [0.5, 0.6) is 0 Å². The molecular formula is C10H18N4O5. The van der Waals surface area contributed by atoms with Gasteiger partial charge in [0.05, 0.1) is 0 Å². The summed E-state index contributed by atoms with van der Waals surface area (Å²) in [6.45, 7) is 0. The van der Waals surface area contributed by atoms with E-state index in [0.717, 1.165) is 0 Å². The lowest BCUT2D eigenvalue weighted by molar-refractivity contribution is -0.161. The highest BCUT2D eigenvalue weighted by molar-refractivity contribution is 5.91. The highest BCUT2D eigenvalue weighted by Gasteiger charge is 2.23. The number of ether oxygens (including phenoxy) is 1. The van der Waals surface area contributed by atoms with Gasteiger partial charge in [-0.25, -0.2) is 9.59 Å². The van der Waals surface area contributed by atoms with E-state index in [1.54, 1.807) is 0 Å². The molecule has 19 heavy (non-hydrogen) atoms. The molecule has 0 saturated carbocycles. The molecule has 0 aliphatic heterocycles. The van der Waals surface area contributed by atoms with Gasteiger partial charge in [0.2, 0.25) is 11.8 Å². The van der Waals surface area contributed by atoms with Crippen LogP contribution >= 0.6 is 0 Å². The third-order valence-electron chi connectivity index (χ3n) is 2.21. The second kappa shape index (κ2) is 8.16. The highest BCUT2D eigenvalue weighted by atomic mass is 16.6. The molecule has 8 N–H and O–H groups in total. The molecule has 0 spiro atoms. The molecule has 0 saturated heterocycles. The summed E-state index contributed by atoms with van der Waals surface area (Å²) in [7, 11) is 0. The van der Waals surface area contributed by atoms with Crippen LogP contribution in [0.25, 0.3) is 0 Å². The third-order valence-corrected chi connectivity index (χ3v) is 2.21. The van der Waals surface area contributed by atoms with E-state index in [4.69, 9.17) is 22.9 Å². The summed E-state index contributed by atoms with van der Waals surface area (Å²) in [5.41, 5.74) is 20.5. The van der Waals surface area contributed by atoms with E-state index in [0.29, 0.717) is 0 Å². The minimum Gasteiger partial charge on any atom is -0.391 e. The van der Waals surface area contributed by atoms with Crippen molar-refractivity contribution in [2.24, 2.45) is 22.9 Å². The molecule has 0 bridgehead atoms. The Kier molecular flexibility index (Phi) is 7.30. The van der Waals surface area contributed by atoms with Gasteiger partial charge in [-0.3, -0.25) is 9.59 Å². The van der Waals surface area contributed by atoms with Gasteiger partial charge in [-0.05, 0) is 12.8 Å². The standard InChI is InChI=1S/C10H18N4O5/c11-5(1-3-7(13)15)9(17)19-10(18)6(12)2-4-8(14)16/h5-6H,1-4,11-12H2,(H2,13,15)(H2,14,16). The normalized spacial score (nSPS) is 13.4. The fourth-order valence-corrected chi connectivity index (χ4v) is 1.08. The molecule has 0 aliphatic carbocycles. The summed E-state index contributed by atoms with van der Waals surface area (Å²) in [6, 6.07) is -2.28. The van der Waals surface area contributed by atoms with E-state index in [1.807, 2.05) is 0 Å². The van der Waals surface area contributed by atoms with Crippen LogP contribution < -0.4 is 22.9 Å². The summed E-state index contributed by atoms with van der Waals surface area (Å²) < 4.78 is 4.41. The second-order valence-corrected chi connectivity index (χ2v) is 3.96. The van der Waals surface area contributed by atoms with Crippen molar-refractivity contribution in [2.75, 3.05) is 0 Å². The molecule has 0 fully saturated rings. The number of primary amides is 2. The van der Waals surface area contributed by atoms with Crippen LogP contribution in [0.3, 0.4) is 0 Å². The summed E-state index contributed by atoms with van der Waals surface area (Å²) in [6.07, 6.45) is -0.258. The van der Waals surface area contributed by atoms with Crippen molar-refractivity contribution in [3.8, 4) is 0 Å². The van der Waals surface area contributed by atoms with Crippen LogP contribution in [-0.2, 0) is 23.9 Å². The average molecular weight is 274 g/mol. The number of rotatable bonds is 8. The monoisotopic (exact) mass is 274 g/mol. The molecule has 0 aromatic rings. The first-order chi connectivity index (χ1) is 8.73. The molecule has 2 unspecified atom stereocenters. The first-order valence-electron chi connectivity index (χ1n) is 5.57. The molecule has 108 valence electrons. The lowest BCUT2D eigenvalue weighted by atomic mass is 10.1. The highest BCUT2D eigenvalue weighted by Crippen LogP contribution is 2.01. The van der Waals surface area contributed by atoms with Crippen molar-refractivity contribution in [2.45, 2.75) is 37.8 Å². The largest absolute Gasteiger partial charge is 0.391 e. The average Bonchev–Trinajstić information content (AvgIpc) is 2.32. The van der Waals surface area contributed by atoms with Crippen molar-refractivity contribution >= 4 is 23.8 Å². The Morgan fingerprint density at radius 3 is 1.37 bits per heavy atom. The van der Waals surface area contributed by atoms with E-state index in [-0.39, 0.29) is 25.7 Å². The molecule has 9 nitrogen and oxygen atoms in total. The van der Waals surface area contributed by atoms with Crippen LogP contribution in [0.2, 0.25) is 0 Å². The molecular weight excluding hydrogens is 256 g/mol. The smallest absolute Gasteiger partial charge is 0.330 e. The fourth-order valence-electron chi connectivity index (χ4n) is 1.08. The van der Waals surface area contributed by atoms with Gasteiger partial charge in [0.1, 0.15) is 12.1 Å². The maximum atomic E-state index is 11.3. The van der Waals surface area contributed by atoms with Gasteiger partial charge in [0.15, 0.2) is 0 Å². The summed E-state index contributed by atoms with van der Waals surface area (Å²) in [5, 5.41) is 0. The topological polar surface area (TPSA) is 182 Å². The summed E-state index contributed by atoms with van der Waals surface area (Å²) in [4.78, 5) is 43.7. The number of hydrogen-bond acceptors (Lipinski definition) is 7. The van der Waals surface area contributed by atoms with E-state index in [2.05, 4.69) is 4.74 Å². The third kappa shape index (κ3) is 7.84. The maximum absolute atomic E-state index is 11.3. The van der Waals surface area contributed by atoms with Crippen LogP contribution in [0.4, 0.5) is 0 Å². The molecule has 0 radical (unpaired) electrons. The fraction of sp³-hybridized carbons (Fsp3) is 0.600. The van der Waals surface area contributed by atoms with Gasteiger partial charge < -0.3 is 27.7 Å². The number of carbonyl (C=O) groups is 4. The van der Waals surface area contributed by atoms with Crippen molar-refractivity contribution in [3.05, 3.63) is 0 Å². The maximum Gasteiger partial charge on any atom is 0.330 e. The van der Waals surface area contributed by atoms with Gasteiger partial charge >= 0.3 is 11.9 Å². The minimum atomic E-state index is -1.14. The summed E-state index contributed by atoms with van der Waals surface area (Å²) in [5.74, 6) is -3.23. The van der Waals surface area contributed by atoms with Crippen molar-refractivity contribution in [1.29, 1.82) is 0 Å². The summed E-state index contributed by atoms with van der Waals surface area (Å²) >= 11 is 0. The quantitative estimate of drug-likeness (QED) is 0.273. The molecule has 0 aromatic heterocycles. The molecule has 9 heteroatoms. The predicted octanol–water partition coefficient (Wildman–Crippen LogP) is -2.76. The predicted molar refractivity (Wildman–Crippen MR) is 63.9 cm³/mol. The number of carbonyl (C=O) groups excluding carboxylic acids is 4. The number of amides is 2.